The molecule has 4 rings (SSSR count). The monoisotopic (exact) mass is 755 g/mol. The van der Waals surface area contributed by atoms with Gasteiger partial charge in [0.1, 0.15) is 0 Å². The Morgan fingerprint density at radius 1 is 0.558 bits per heavy atom. The summed E-state index contributed by atoms with van der Waals surface area (Å²) in [5, 5.41) is 11.6. The van der Waals surface area contributed by atoms with Gasteiger partial charge in [-0.15, -0.1) is 22.7 Å². The predicted molar refractivity (Wildman–Crippen MR) is 230 cm³/mol. The molecule has 0 aliphatic rings. The van der Waals surface area contributed by atoms with Crippen LogP contribution < -0.4 is 0 Å². The van der Waals surface area contributed by atoms with Gasteiger partial charge in [-0.05, 0) is 106 Å². The third-order valence-electron chi connectivity index (χ3n) is 8.47. The second kappa shape index (κ2) is 25.7. The summed E-state index contributed by atoms with van der Waals surface area (Å²) in [6.07, 6.45) is 16.7. The van der Waals surface area contributed by atoms with Crippen molar-refractivity contribution in [3.05, 3.63) is 68.1 Å². The summed E-state index contributed by atoms with van der Waals surface area (Å²) in [4.78, 5) is 11.7. The third kappa shape index (κ3) is 21.4. The fourth-order valence-corrected chi connectivity index (χ4v) is 6.57. The van der Waals surface area contributed by atoms with Crippen LogP contribution in [0.1, 0.15) is 191 Å². The van der Waals surface area contributed by atoms with Crippen molar-refractivity contribution in [2.75, 3.05) is 0 Å². The van der Waals surface area contributed by atoms with Gasteiger partial charge in [0.05, 0.1) is 21.4 Å². The number of nitrogens with zero attached hydrogens (tertiary/aromatic N) is 6. The molecule has 0 unspecified atom stereocenters. The van der Waals surface area contributed by atoms with Gasteiger partial charge in [-0.3, -0.25) is 9.36 Å². The van der Waals surface area contributed by atoms with Crippen LogP contribution in [0.5, 0.6) is 0 Å². The zero-order valence-corrected chi connectivity index (χ0v) is 37.9. The van der Waals surface area contributed by atoms with Crippen LogP contribution in [0.15, 0.2) is 36.9 Å². The van der Waals surface area contributed by atoms with E-state index in [1.165, 1.54) is 63.3 Å². The van der Waals surface area contributed by atoms with Crippen LogP contribution in [0.2, 0.25) is 0 Å². The molecule has 52 heavy (non-hydrogen) atoms. The molecule has 0 atom stereocenters. The van der Waals surface area contributed by atoms with Gasteiger partial charge in [0.15, 0.2) is 0 Å². The largest absolute Gasteiger partial charge is 0.272 e. The molecule has 296 valence electrons. The number of hydrogen-bond acceptors (Lipinski definition) is 6. The zero-order valence-electron chi connectivity index (χ0n) is 36.2. The summed E-state index contributed by atoms with van der Waals surface area (Å²) in [5.41, 5.74) is 2.42. The Hall–Kier alpha value is -2.32. The molecule has 0 spiro atoms. The van der Waals surface area contributed by atoms with E-state index in [1.807, 2.05) is 39.7 Å². The van der Waals surface area contributed by atoms with E-state index in [9.17, 15) is 0 Å². The standard InChI is InChI=1S/C13H24N2.C13H23NS.C9H16N2.C9H15NS/c1-11(2)5-6-13-8-10-15(14-13)9-7-12(3)4;1-10(2)5-7-12-9-14-13(15-12)8-6-11(3)4;1-7(2)9-5-6-11(10-9)8(3)4;1-6(2)8-5-10-9(11-8)7(3)4/h8,10-12H,5-7,9H2,1-4H3;9-11H,5-8H2,1-4H3;5-8H,1-4H3;5-7H,1-4H3. The Balaban J connectivity index is 0.000000350. The first-order valence-electron chi connectivity index (χ1n) is 20.3. The van der Waals surface area contributed by atoms with Crippen molar-refractivity contribution in [2.45, 2.75) is 186 Å². The molecule has 0 amide bonds. The Morgan fingerprint density at radius 3 is 1.62 bits per heavy atom. The highest BCUT2D eigenvalue weighted by Crippen LogP contribution is 2.26. The maximum Gasteiger partial charge on any atom is 0.0953 e. The first-order chi connectivity index (χ1) is 24.4. The van der Waals surface area contributed by atoms with Gasteiger partial charge in [-0.1, -0.05) is 96.9 Å². The lowest BCUT2D eigenvalue weighted by atomic mass is 10.1. The molecule has 0 N–H and O–H groups in total. The minimum absolute atomic E-state index is 0.475. The minimum Gasteiger partial charge on any atom is -0.272 e. The lowest BCUT2D eigenvalue weighted by Gasteiger charge is -2.04. The molecule has 4 aromatic heterocycles. The molecule has 8 heteroatoms. The molecular formula is C44H78N6S2. The molecular weight excluding hydrogens is 677 g/mol. The van der Waals surface area contributed by atoms with Crippen LogP contribution in [-0.2, 0) is 25.8 Å². The lowest BCUT2D eigenvalue weighted by Crippen LogP contribution is -2.03. The predicted octanol–water partition coefficient (Wildman–Crippen LogP) is 13.8. The molecule has 0 aliphatic carbocycles. The smallest absolute Gasteiger partial charge is 0.0953 e. The van der Waals surface area contributed by atoms with Crippen molar-refractivity contribution < 1.29 is 0 Å². The van der Waals surface area contributed by atoms with E-state index in [0.717, 1.165) is 43.1 Å². The summed E-state index contributed by atoms with van der Waals surface area (Å²) < 4.78 is 4.07. The SMILES string of the molecule is CC(C)CCc1ccn(CCC(C)C)n1.CC(C)CCc1cnc(CCC(C)C)s1.CC(C)c1ccn(C(C)C)n1.CC(C)c1cnc(C(C)C)s1. The fourth-order valence-electron chi connectivity index (χ4n) is 4.69. The molecule has 0 saturated carbocycles. The van der Waals surface area contributed by atoms with Crippen molar-refractivity contribution in [3.8, 4) is 0 Å². The summed E-state index contributed by atoms with van der Waals surface area (Å²) in [6, 6.07) is 4.72. The van der Waals surface area contributed by atoms with E-state index < -0.39 is 0 Å². The number of hydrogen-bond donors (Lipinski definition) is 0. The van der Waals surface area contributed by atoms with Gasteiger partial charge in [0.25, 0.3) is 0 Å². The second-order valence-corrected chi connectivity index (χ2v) is 19.4. The summed E-state index contributed by atoms with van der Waals surface area (Å²) in [6.45, 7) is 36.6. The van der Waals surface area contributed by atoms with Crippen LogP contribution in [0.3, 0.4) is 0 Å². The lowest BCUT2D eigenvalue weighted by molar-refractivity contribution is 0.482. The van der Waals surface area contributed by atoms with Crippen LogP contribution in [-0.4, -0.2) is 29.5 Å². The Kier molecular flexibility index (Phi) is 23.5. The molecule has 4 aromatic rings. The molecule has 6 nitrogen and oxygen atoms in total. The topological polar surface area (TPSA) is 61.4 Å². The van der Waals surface area contributed by atoms with Crippen molar-refractivity contribution >= 4 is 22.7 Å². The average molecular weight is 755 g/mol. The summed E-state index contributed by atoms with van der Waals surface area (Å²) in [5.74, 6) is 4.85. The first-order valence-corrected chi connectivity index (χ1v) is 22.0. The van der Waals surface area contributed by atoms with Gasteiger partial charge >= 0.3 is 0 Å². The Bertz CT molecular complexity index is 1230. The Labute approximate surface area is 328 Å². The van der Waals surface area contributed by atoms with E-state index >= 15 is 0 Å². The molecule has 0 radical (unpaired) electrons. The van der Waals surface area contributed by atoms with E-state index in [-0.39, 0.29) is 0 Å². The van der Waals surface area contributed by atoms with E-state index in [1.54, 1.807) is 0 Å². The van der Waals surface area contributed by atoms with Crippen molar-refractivity contribution in [1.29, 1.82) is 0 Å². The number of aromatic nitrogens is 6. The maximum atomic E-state index is 4.57. The van der Waals surface area contributed by atoms with Crippen LogP contribution >= 0.6 is 22.7 Å². The summed E-state index contributed by atoms with van der Waals surface area (Å²) >= 11 is 3.74. The van der Waals surface area contributed by atoms with Gasteiger partial charge in [0.2, 0.25) is 0 Å². The zero-order chi connectivity index (χ0) is 39.4. The van der Waals surface area contributed by atoms with E-state index in [2.05, 4.69) is 160 Å². The average Bonchev–Trinajstić information content (AvgIpc) is 3.89. The van der Waals surface area contributed by atoms with E-state index in [0.29, 0.717) is 23.8 Å². The second-order valence-electron chi connectivity index (χ2n) is 17.1. The normalized spacial score (nSPS) is 11.5. The highest BCUT2D eigenvalue weighted by molar-refractivity contribution is 7.12. The number of rotatable bonds is 16. The van der Waals surface area contributed by atoms with Crippen LogP contribution in [0.4, 0.5) is 0 Å². The van der Waals surface area contributed by atoms with Crippen LogP contribution in [0, 0.1) is 23.7 Å². The molecule has 0 fully saturated rings. The minimum atomic E-state index is 0.475. The molecule has 0 aliphatic heterocycles. The van der Waals surface area contributed by atoms with Gasteiger partial charge < -0.3 is 0 Å². The van der Waals surface area contributed by atoms with Gasteiger partial charge in [-0.2, -0.15) is 10.2 Å². The molecule has 0 aromatic carbocycles. The number of aryl methyl sites for hydroxylation is 4. The fraction of sp³-hybridized carbons (Fsp3) is 0.727. The van der Waals surface area contributed by atoms with Crippen LogP contribution in [0.25, 0.3) is 0 Å². The highest BCUT2D eigenvalue weighted by atomic mass is 32.1. The molecule has 0 saturated heterocycles. The van der Waals surface area contributed by atoms with E-state index in [4.69, 9.17) is 0 Å². The first kappa shape index (κ1) is 47.7. The third-order valence-corrected chi connectivity index (χ3v) is 11.2. The molecule has 4 heterocycles. The van der Waals surface area contributed by atoms with Gasteiger partial charge in [-0.25, -0.2) is 9.97 Å². The quantitative estimate of drug-likeness (QED) is 0.114. The highest BCUT2D eigenvalue weighted by Gasteiger charge is 2.08. The Morgan fingerprint density at radius 2 is 1.15 bits per heavy atom. The van der Waals surface area contributed by atoms with Crippen molar-refractivity contribution in [3.63, 3.8) is 0 Å². The van der Waals surface area contributed by atoms with Gasteiger partial charge in [0, 0.05) is 53.0 Å². The maximum absolute atomic E-state index is 4.57. The number of thiazole rings is 2. The molecule has 0 bridgehead atoms. The van der Waals surface area contributed by atoms with Crippen molar-refractivity contribution in [2.24, 2.45) is 23.7 Å². The van der Waals surface area contributed by atoms with Crippen molar-refractivity contribution in [1.82, 2.24) is 29.5 Å². The summed E-state index contributed by atoms with van der Waals surface area (Å²) in [7, 11) is 0.